The van der Waals surface area contributed by atoms with Gasteiger partial charge >= 0.3 is 0 Å². The van der Waals surface area contributed by atoms with Crippen molar-refractivity contribution in [1.29, 1.82) is 0 Å². The Morgan fingerprint density at radius 1 is 1.03 bits per heavy atom. The molecule has 0 fully saturated rings. The first-order valence-electron chi connectivity index (χ1n) is 10.9. The molecule has 0 saturated heterocycles. The van der Waals surface area contributed by atoms with E-state index in [1.165, 1.54) is 30.3 Å². The van der Waals surface area contributed by atoms with Gasteiger partial charge in [-0.05, 0) is 55.0 Å². The minimum atomic E-state index is -2.79. The molecule has 0 bridgehead atoms. The van der Waals surface area contributed by atoms with E-state index >= 15 is 0 Å². The van der Waals surface area contributed by atoms with Crippen molar-refractivity contribution in [3.63, 3.8) is 0 Å². The number of hydrogen-bond donors (Lipinski definition) is 1. The Morgan fingerprint density at radius 2 is 1.81 bits per heavy atom. The molecule has 0 saturated carbocycles. The summed E-state index contributed by atoms with van der Waals surface area (Å²) in [6, 6.07) is 10.3. The molecular formula is C25H20F3N7O. The van der Waals surface area contributed by atoms with Crippen LogP contribution in [0.1, 0.15) is 23.5 Å². The SMILES string of the molecule is Cc1cc(-c2c(OCc3nccc4c3cnn4C)nc(N)nc2-c2ccc(F)cc2)cc(C(F)F)n1. The van der Waals surface area contributed by atoms with Crippen LogP contribution in [0.5, 0.6) is 5.88 Å². The van der Waals surface area contributed by atoms with E-state index in [0.29, 0.717) is 33.8 Å². The van der Waals surface area contributed by atoms with E-state index in [1.54, 1.807) is 30.1 Å². The number of nitrogens with two attached hydrogens (primary N) is 1. The molecule has 0 unspecified atom stereocenters. The van der Waals surface area contributed by atoms with E-state index in [1.807, 2.05) is 13.1 Å². The maximum absolute atomic E-state index is 13.6. The molecule has 5 rings (SSSR count). The number of nitrogens with zero attached hydrogens (tertiary/aromatic N) is 6. The average Bonchev–Trinajstić information content (AvgIpc) is 3.23. The lowest BCUT2D eigenvalue weighted by Crippen LogP contribution is -2.07. The molecule has 2 N–H and O–H groups in total. The van der Waals surface area contributed by atoms with Crippen molar-refractivity contribution in [2.45, 2.75) is 20.0 Å². The lowest BCUT2D eigenvalue weighted by molar-refractivity contribution is 0.146. The Labute approximate surface area is 203 Å². The highest BCUT2D eigenvalue weighted by Crippen LogP contribution is 2.39. The number of alkyl halides is 2. The highest BCUT2D eigenvalue weighted by atomic mass is 19.3. The van der Waals surface area contributed by atoms with E-state index in [0.717, 1.165) is 10.9 Å². The first-order chi connectivity index (χ1) is 17.3. The summed E-state index contributed by atoms with van der Waals surface area (Å²) in [7, 11) is 1.82. The lowest BCUT2D eigenvalue weighted by atomic mass is 9.99. The van der Waals surface area contributed by atoms with Gasteiger partial charge in [0.05, 0.1) is 28.7 Å². The second-order valence-electron chi connectivity index (χ2n) is 8.09. The minimum absolute atomic E-state index is 0.00111. The predicted molar refractivity (Wildman–Crippen MR) is 128 cm³/mol. The fraction of sp³-hybridized carbons (Fsp3) is 0.160. The molecule has 0 aliphatic rings. The summed E-state index contributed by atoms with van der Waals surface area (Å²) < 4.78 is 48.6. The molecule has 4 heterocycles. The topological polar surface area (TPSA) is 105 Å². The maximum atomic E-state index is 13.6. The number of aryl methyl sites for hydroxylation is 2. The van der Waals surface area contributed by atoms with Crippen molar-refractivity contribution >= 4 is 16.9 Å². The molecule has 0 amide bonds. The van der Waals surface area contributed by atoms with Crippen LogP contribution in [-0.2, 0) is 13.7 Å². The van der Waals surface area contributed by atoms with Gasteiger partial charge in [0.15, 0.2) is 0 Å². The van der Waals surface area contributed by atoms with E-state index in [9.17, 15) is 13.2 Å². The quantitative estimate of drug-likeness (QED) is 0.355. The third kappa shape index (κ3) is 4.42. The number of aromatic nitrogens is 6. The van der Waals surface area contributed by atoms with Crippen molar-refractivity contribution in [2.24, 2.45) is 7.05 Å². The molecule has 0 spiro atoms. The molecular weight excluding hydrogens is 471 g/mol. The standard InChI is InChI=1S/C25H20F3N7O/c1-13-9-15(10-18(32-13)23(27)28)21-22(14-3-5-16(26)6-4-14)33-25(29)34-24(21)36-12-19-17-11-31-35(2)20(17)7-8-30-19/h3-11,23H,12H2,1-2H3,(H2,29,33,34). The first-order valence-corrected chi connectivity index (χ1v) is 10.9. The van der Waals surface area contributed by atoms with Crippen molar-refractivity contribution < 1.29 is 17.9 Å². The van der Waals surface area contributed by atoms with Gasteiger partial charge < -0.3 is 10.5 Å². The average molecular weight is 491 g/mol. The highest BCUT2D eigenvalue weighted by molar-refractivity contribution is 5.85. The number of anilines is 1. The van der Waals surface area contributed by atoms with Crippen LogP contribution in [0.4, 0.5) is 19.1 Å². The van der Waals surface area contributed by atoms with E-state index in [2.05, 4.69) is 25.0 Å². The fourth-order valence-corrected chi connectivity index (χ4v) is 3.97. The Hall–Kier alpha value is -4.54. The highest BCUT2D eigenvalue weighted by Gasteiger charge is 2.22. The van der Waals surface area contributed by atoms with Crippen molar-refractivity contribution in [3.05, 3.63) is 77.8 Å². The van der Waals surface area contributed by atoms with Gasteiger partial charge in [-0.3, -0.25) is 14.6 Å². The molecule has 0 aliphatic carbocycles. The summed E-state index contributed by atoms with van der Waals surface area (Å²) in [5.41, 5.74) is 8.93. The van der Waals surface area contributed by atoms with Crippen LogP contribution in [-0.4, -0.2) is 29.7 Å². The normalized spacial score (nSPS) is 11.4. The van der Waals surface area contributed by atoms with Crippen molar-refractivity contribution in [1.82, 2.24) is 29.7 Å². The molecule has 0 radical (unpaired) electrons. The number of hydrogen-bond acceptors (Lipinski definition) is 7. The molecule has 182 valence electrons. The summed E-state index contributed by atoms with van der Waals surface area (Å²) in [4.78, 5) is 16.9. The van der Waals surface area contributed by atoms with Crippen molar-refractivity contribution in [3.8, 4) is 28.3 Å². The van der Waals surface area contributed by atoms with E-state index in [-0.39, 0.29) is 18.4 Å². The van der Waals surface area contributed by atoms with E-state index < -0.39 is 17.9 Å². The smallest absolute Gasteiger partial charge is 0.280 e. The molecule has 36 heavy (non-hydrogen) atoms. The van der Waals surface area contributed by atoms with Gasteiger partial charge in [-0.2, -0.15) is 10.1 Å². The Balaban J connectivity index is 1.67. The van der Waals surface area contributed by atoms with Gasteiger partial charge in [0, 0.05) is 29.9 Å². The van der Waals surface area contributed by atoms with Crippen LogP contribution >= 0.6 is 0 Å². The van der Waals surface area contributed by atoms with Crippen LogP contribution in [0.3, 0.4) is 0 Å². The van der Waals surface area contributed by atoms with Gasteiger partial charge in [-0.1, -0.05) is 0 Å². The third-order valence-electron chi connectivity index (χ3n) is 5.60. The maximum Gasteiger partial charge on any atom is 0.280 e. The van der Waals surface area contributed by atoms with Crippen LogP contribution in [0, 0.1) is 12.7 Å². The number of halogens is 3. The van der Waals surface area contributed by atoms with Gasteiger partial charge in [0.25, 0.3) is 6.43 Å². The van der Waals surface area contributed by atoms with Crippen LogP contribution in [0.15, 0.2) is 54.9 Å². The number of fused-ring (bicyclic) bond motifs is 1. The molecule has 11 heteroatoms. The monoisotopic (exact) mass is 491 g/mol. The number of pyridine rings is 2. The zero-order valence-corrected chi connectivity index (χ0v) is 19.3. The van der Waals surface area contributed by atoms with Gasteiger partial charge in [-0.15, -0.1) is 0 Å². The van der Waals surface area contributed by atoms with Crippen molar-refractivity contribution in [2.75, 3.05) is 5.73 Å². The minimum Gasteiger partial charge on any atom is -0.471 e. The largest absolute Gasteiger partial charge is 0.471 e. The summed E-state index contributed by atoms with van der Waals surface area (Å²) in [5.74, 6) is -0.468. The number of nitrogen functional groups attached to an aromatic ring is 1. The molecule has 8 nitrogen and oxygen atoms in total. The summed E-state index contributed by atoms with van der Waals surface area (Å²) in [5, 5.41) is 5.05. The molecule has 4 aromatic heterocycles. The fourth-order valence-electron chi connectivity index (χ4n) is 3.97. The lowest BCUT2D eigenvalue weighted by Gasteiger charge is -2.16. The molecule has 0 atom stereocenters. The first kappa shape index (κ1) is 23.2. The van der Waals surface area contributed by atoms with Crippen LogP contribution in [0.2, 0.25) is 0 Å². The summed E-state index contributed by atoms with van der Waals surface area (Å²) >= 11 is 0. The van der Waals surface area contributed by atoms with Crippen LogP contribution in [0.25, 0.3) is 33.3 Å². The molecule has 5 aromatic rings. The number of ether oxygens (including phenoxy) is 1. The Bertz CT molecular complexity index is 1570. The second kappa shape index (κ2) is 9.25. The third-order valence-corrected chi connectivity index (χ3v) is 5.60. The van der Waals surface area contributed by atoms with Gasteiger partial charge in [0.2, 0.25) is 11.8 Å². The number of rotatable bonds is 6. The van der Waals surface area contributed by atoms with E-state index in [4.69, 9.17) is 10.5 Å². The predicted octanol–water partition coefficient (Wildman–Crippen LogP) is 5.03. The molecule has 0 aliphatic heterocycles. The Morgan fingerprint density at radius 3 is 2.56 bits per heavy atom. The molecule has 1 aromatic carbocycles. The summed E-state index contributed by atoms with van der Waals surface area (Å²) in [6.07, 6.45) is 0.536. The zero-order valence-electron chi connectivity index (χ0n) is 19.3. The van der Waals surface area contributed by atoms with Gasteiger partial charge in [-0.25, -0.2) is 18.2 Å². The Kier molecular flexibility index (Phi) is 5.96. The summed E-state index contributed by atoms with van der Waals surface area (Å²) in [6.45, 7) is 1.61. The number of benzene rings is 1. The second-order valence-corrected chi connectivity index (χ2v) is 8.09. The van der Waals surface area contributed by atoms with Crippen LogP contribution < -0.4 is 10.5 Å². The zero-order chi connectivity index (χ0) is 25.4. The van der Waals surface area contributed by atoms with Gasteiger partial charge in [0.1, 0.15) is 18.1 Å².